The number of nitrogens with zero attached hydrogens (tertiary/aromatic N) is 1. The van der Waals surface area contributed by atoms with Crippen LogP contribution in [-0.2, 0) is 4.43 Å². The molecule has 0 atom stereocenters. The first-order valence-corrected chi connectivity index (χ1v) is 10.1. The topological polar surface area (TPSA) is 21.6 Å². The molecule has 0 spiro atoms. The van der Waals surface area contributed by atoms with Crippen molar-refractivity contribution in [2.75, 3.05) is 0 Å². The number of allylic oxidation sites excluding steroid dienone is 2. The van der Waals surface area contributed by atoms with Crippen LogP contribution in [0.5, 0.6) is 0 Å². The predicted molar refractivity (Wildman–Crippen MR) is 84.4 cm³/mol. The van der Waals surface area contributed by atoms with E-state index in [-0.39, 0.29) is 0 Å². The van der Waals surface area contributed by atoms with E-state index >= 15 is 0 Å². The molecular weight excluding hydrogens is 238 g/mol. The van der Waals surface area contributed by atoms with Crippen molar-refractivity contribution >= 4 is 14.5 Å². The van der Waals surface area contributed by atoms with Gasteiger partial charge in [0.1, 0.15) is 0 Å². The van der Waals surface area contributed by atoms with E-state index in [0.29, 0.717) is 17.7 Å². The van der Waals surface area contributed by atoms with Gasteiger partial charge >= 0.3 is 0 Å². The fourth-order valence-corrected chi connectivity index (χ4v) is 2.10. The molecule has 3 heteroatoms. The molecule has 104 valence electrons. The summed E-state index contributed by atoms with van der Waals surface area (Å²) in [6, 6.07) is 0. The summed E-state index contributed by atoms with van der Waals surface area (Å²) < 4.78 is 5.71. The lowest BCUT2D eigenvalue weighted by atomic mass is 10.0. The van der Waals surface area contributed by atoms with Gasteiger partial charge in [0, 0.05) is 6.21 Å². The normalized spacial score (nSPS) is 13.7. The third kappa shape index (κ3) is 9.22. The van der Waals surface area contributed by atoms with Crippen molar-refractivity contribution in [3.8, 4) is 0 Å². The Balaban J connectivity index is 4.59. The zero-order valence-corrected chi connectivity index (χ0v) is 14.1. The molecule has 0 radical (unpaired) electrons. The lowest BCUT2D eigenvalue weighted by Gasteiger charge is -2.18. The van der Waals surface area contributed by atoms with Gasteiger partial charge in [0.25, 0.3) is 0 Å². The Morgan fingerprint density at radius 3 is 2.17 bits per heavy atom. The number of hydrogen-bond acceptors (Lipinski definition) is 2. The van der Waals surface area contributed by atoms with Crippen molar-refractivity contribution in [2.24, 2.45) is 16.8 Å². The first-order valence-electron chi connectivity index (χ1n) is 6.74. The molecular formula is C15H29NOSi. The zero-order chi connectivity index (χ0) is 14.3. The fraction of sp³-hybridized carbons (Fsp3) is 0.667. The highest BCUT2D eigenvalue weighted by Crippen LogP contribution is 2.14. The standard InChI is InChI=1S/C15H29NOSi/c1-12(2)9-10-15(13(3)4)11-16-14(5)17-18(6,7)8/h10-13H,5,9H2,1-4,6-8H3/b15-10-,16-11+. The Hall–Kier alpha value is -0.833. The Morgan fingerprint density at radius 2 is 1.78 bits per heavy atom. The molecule has 0 N–H and O–H groups in total. The minimum Gasteiger partial charge on any atom is -0.532 e. The number of rotatable bonds is 7. The monoisotopic (exact) mass is 267 g/mol. The van der Waals surface area contributed by atoms with E-state index in [1.807, 2.05) is 6.21 Å². The predicted octanol–water partition coefficient (Wildman–Crippen LogP) is 5.01. The van der Waals surface area contributed by atoms with E-state index in [4.69, 9.17) is 4.43 Å². The Labute approximate surface area is 114 Å². The van der Waals surface area contributed by atoms with Crippen LogP contribution in [0.1, 0.15) is 34.1 Å². The molecule has 0 aliphatic rings. The van der Waals surface area contributed by atoms with Gasteiger partial charge in [0.2, 0.25) is 8.32 Å². The van der Waals surface area contributed by atoms with Crippen molar-refractivity contribution in [1.29, 1.82) is 0 Å². The van der Waals surface area contributed by atoms with Gasteiger partial charge in [-0.1, -0.05) is 33.8 Å². The summed E-state index contributed by atoms with van der Waals surface area (Å²) in [4.78, 5) is 4.33. The maximum atomic E-state index is 5.71. The Bertz CT molecular complexity index is 322. The average molecular weight is 267 g/mol. The van der Waals surface area contributed by atoms with Crippen molar-refractivity contribution in [2.45, 2.75) is 53.8 Å². The van der Waals surface area contributed by atoms with Crippen molar-refractivity contribution in [1.82, 2.24) is 0 Å². The van der Waals surface area contributed by atoms with Crippen molar-refractivity contribution in [3.05, 3.63) is 24.1 Å². The molecule has 0 heterocycles. The summed E-state index contributed by atoms with van der Waals surface area (Å²) in [5.74, 6) is 1.69. The smallest absolute Gasteiger partial charge is 0.244 e. The SMILES string of the molecule is C=C(/N=C/C(=C/CC(C)C)C(C)C)O[Si](C)(C)C. The second kappa shape index (κ2) is 7.57. The van der Waals surface area contributed by atoms with Crippen LogP contribution < -0.4 is 0 Å². The lowest BCUT2D eigenvalue weighted by molar-refractivity contribution is 0.421. The van der Waals surface area contributed by atoms with Crippen LogP contribution in [0, 0.1) is 11.8 Å². The van der Waals surface area contributed by atoms with E-state index in [2.05, 4.69) is 65.0 Å². The minimum absolute atomic E-state index is 0.479. The summed E-state index contributed by atoms with van der Waals surface area (Å²) in [5, 5.41) is 0. The van der Waals surface area contributed by atoms with Crippen molar-refractivity contribution < 1.29 is 4.43 Å². The third-order valence-electron chi connectivity index (χ3n) is 2.27. The highest BCUT2D eigenvalue weighted by atomic mass is 28.4. The summed E-state index contributed by atoms with van der Waals surface area (Å²) in [6.45, 7) is 19.0. The highest BCUT2D eigenvalue weighted by Gasteiger charge is 2.16. The number of aliphatic imine (C=N–C) groups is 1. The van der Waals surface area contributed by atoms with Crippen molar-refractivity contribution in [3.63, 3.8) is 0 Å². The van der Waals surface area contributed by atoms with Crippen LogP contribution >= 0.6 is 0 Å². The lowest BCUT2D eigenvalue weighted by Crippen LogP contribution is -2.24. The van der Waals surface area contributed by atoms with Crippen LogP contribution in [0.3, 0.4) is 0 Å². The van der Waals surface area contributed by atoms with E-state index in [0.717, 1.165) is 6.42 Å². The molecule has 0 unspecified atom stereocenters. The number of hydrogen-bond donors (Lipinski definition) is 0. The van der Waals surface area contributed by atoms with E-state index in [1.54, 1.807) is 0 Å². The first-order chi connectivity index (χ1) is 8.11. The van der Waals surface area contributed by atoms with Crippen LogP contribution in [0.15, 0.2) is 29.1 Å². The molecule has 0 fully saturated rings. The molecule has 0 saturated heterocycles. The van der Waals surface area contributed by atoms with Gasteiger partial charge in [-0.25, -0.2) is 4.99 Å². The molecule has 0 saturated carbocycles. The quantitative estimate of drug-likeness (QED) is 0.361. The summed E-state index contributed by atoms with van der Waals surface area (Å²) >= 11 is 0. The molecule has 0 aliphatic carbocycles. The van der Waals surface area contributed by atoms with Gasteiger partial charge in [0.05, 0.1) is 0 Å². The fourth-order valence-electron chi connectivity index (χ4n) is 1.34. The molecule has 0 aromatic carbocycles. The minimum atomic E-state index is -1.59. The zero-order valence-electron chi connectivity index (χ0n) is 13.1. The van der Waals surface area contributed by atoms with E-state index in [1.165, 1.54) is 5.57 Å². The van der Waals surface area contributed by atoms with Gasteiger partial charge in [-0.15, -0.1) is 0 Å². The second-order valence-electron chi connectivity index (χ2n) is 6.35. The van der Waals surface area contributed by atoms with E-state index < -0.39 is 8.32 Å². The maximum absolute atomic E-state index is 5.71. The third-order valence-corrected chi connectivity index (χ3v) is 3.12. The molecule has 0 bridgehead atoms. The molecule has 0 aromatic heterocycles. The molecule has 18 heavy (non-hydrogen) atoms. The van der Waals surface area contributed by atoms with Crippen LogP contribution in [-0.4, -0.2) is 14.5 Å². The maximum Gasteiger partial charge on any atom is 0.244 e. The van der Waals surface area contributed by atoms with Crippen LogP contribution in [0.4, 0.5) is 0 Å². The molecule has 0 aliphatic heterocycles. The second-order valence-corrected chi connectivity index (χ2v) is 10.8. The van der Waals surface area contributed by atoms with Crippen LogP contribution in [0.25, 0.3) is 0 Å². The van der Waals surface area contributed by atoms with Gasteiger partial charge < -0.3 is 4.43 Å². The van der Waals surface area contributed by atoms with Crippen LogP contribution in [0.2, 0.25) is 19.6 Å². The van der Waals surface area contributed by atoms with Gasteiger partial charge in [-0.2, -0.15) is 0 Å². The Morgan fingerprint density at radius 1 is 1.22 bits per heavy atom. The first kappa shape index (κ1) is 17.2. The summed E-state index contributed by atoms with van der Waals surface area (Å²) in [6.07, 6.45) is 5.25. The van der Waals surface area contributed by atoms with Gasteiger partial charge in [0.15, 0.2) is 5.88 Å². The van der Waals surface area contributed by atoms with Gasteiger partial charge in [-0.05, 0) is 50.0 Å². The summed E-state index contributed by atoms with van der Waals surface area (Å²) in [7, 11) is -1.59. The summed E-state index contributed by atoms with van der Waals surface area (Å²) in [5.41, 5.74) is 1.25. The molecule has 0 aromatic rings. The highest BCUT2D eigenvalue weighted by molar-refractivity contribution is 6.70. The van der Waals surface area contributed by atoms with Gasteiger partial charge in [-0.3, -0.25) is 0 Å². The molecule has 0 rings (SSSR count). The average Bonchev–Trinajstić information content (AvgIpc) is 2.13. The largest absolute Gasteiger partial charge is 0.532 e. The Kier molecular flexibility index (Phi) is 7.22. The molecule has 2 nitrogen and oxygen atoms in total. The molecule has 0 amide bonds. The van der Waals surface area contributed by atoms with E-state index in [9.17, 15) is 0 Å².